The smallest absolute Gasteiger partial charge is 0.308 e. The highest BCUT2D eigenvalue weighted by Gasteiger charge is 2.20. The first-order valence-corrected chi connectivity index (χ1v) is 6.12. The topological polar surface area (TPSA) is 119 Å². The van der Waals surface area contributed by atoms with E-state index >= 15 is 0 Å². The summed E-state index contributed by atoms with van der Waals surface area (Å²) in [7, 11) is 1.35. The number of nitrogens with zero attached hydrogens (tertiary/aromatic N) is 1. The first-order valence-electron chi connectivity index (χ1n) is 6.12. The number of amides is 1. The normalized spacial score (nSPS) is 11.6. The van der Waals surface area contributed by atoms with Crippen molar-refractivity contribution in [1.82, 2.24) is 5.32 Å². The van der Waals surface area contributed by atoms with E-state index < -0.39 is 22.7 Å². The largest absolute Gasteiger partial charge is 0.496 e. The predicted octanol–water partition coefficient (Wildman–Crippen LogP) is 1.36. The van der Waals surface area contributed by atoms with Crippen LogP contribution in [0.5, 0.6) is 5.75 Å². The molecule has 1 rings (SSSR count). The maximum atomic E-state index is 11.9. The summed E-state index contributed by atoms with van der Waals surface area (Å²) in [5.41, 5.74) is 0.130. The van der Waals surface area contributed by atoms with Gasteiger partial charge in [0.05, 0.1) is 23.5 Å². The number of carboxylic acid groups (broad SMARTS) is 1. The van der Waals surface area contributed by atoms with Gasteiger partial charge in [-0.05, 0) is 13.0 Å². The summed E-state index contributed by atoms with van der Waals surface area (Å²) in [6.45, 7) is 2.89. The van der Waals surface area contributed by atoms with Gasteiger partial charge < -0.3 is 15.2 Å². The van der Waals surface area contributed by atoms with Crippen LogP contribution in [0.4, 0.5) is 5.69 Å². The zero-order valence-electron chi connectivity index (χ0n) is 11.9. The molecule has 0 radical (unpaired) electrons. The monoisotopic (exact) mass is 296 g/mol. The first kappa shape index (κ1) is 16.4. The Hall–Kier alpha value is -2.64. The molecule has 1 atom stereocenters. The summed E-state index contributed by atoms with van der Waals surface area (Å²) in [4.78, 5) is 33.0. The van der Waals surface area contributed by atoms with Gasteiger partial charge in [-0.15, -0.1) is 0 Å². The van der Waals surface area contributed by atoms with Crippen LogP contribution < -0.4 is 10.1 Å². The number of nitro groups is 1. The summed E-state index contributed by atoms with van der Waals surface area (Å²) in [6.07, 6.45) is 0. The average Bonchev–Trinajstić information content (AvgIpc) is 2.43. The Bertz CT molecular complexity index is 584. The van der Waals surface area contributed by atoms with E-state index in [-0.39, 0.29) is 23.5 Å². The van der Waals surface area contributed by atoms with Crippen molar-refractivity contribution < 1.29 is 24.4 Å². The van der Waals surface area contributed by atoms with E-state index in [0.717, 1.165) is 6.07 Å². The van der Waals surface area contributed by atoms with Gasteiger partial charge in [-0.25, -0.2) is 0 Å². The van der Waals surface area contributed by atoms with E-state index in [0.29, 0.717) is 5.56 Å². The number of hydrogen-bond donors (Lipinski definition) is 2. The van der Waals surface area contributed by atoms with Crippen molar-refractivity contribution in [2.24, 2.45) is 5.92 Å². The number of carbonyl (C=O) groups excluding carboxylic acids is 1. The molecular formula is C13H16N2O6. The number of hydrogen-bond acceptors (Lipinski definition) is 5. The number of aliphatic carboxylic acids is 1. The van der Waals surface area contributed by atoms with Crippen LogP contribution in [-0.4, -0.2) is 35.6 Å². The number of carbonyl (C=O) groups is 2. The molecule has 8 heteroatoms. The van der Waals surface area contributed by atoms with Crippen LogP contribution in [0.3, 0.4) is 0 Å². The molecule has 0 fully saturated rings. The molecule has 0 saturated carbocycles. The number of carboxylic acids is 1. The van der Waals surface area contributed by atoms with Gasteiger partial charge in [-0.1, -0.05) is 6.92 Å². The van der Waals surface area contributed by atoms with Gasteiger partial charge in [0.25, 0.3) is 11.6 Å². The molecule has 1 aromatic carbocycles. The Kier molecular flexibility index (Phi) is 5.23. The molecule has 1 unspecified atom stereocenters. The fraction of sp³-hybridized carbons (Fsp3) is 0.385. The molecule has 1 aromatic rings. The SMILES string of the molecule is COc1cc(C(=O)NCC(C)C(=O)O)cc([N+](=O)[O-])c1C. The average molecular weight is 296 g/mol. The molecule has 0 spiro atoms. The molecule has 0 aliphatic carbocycles. The summed E-state index contributed by atoms with van der Waals surface area (Å²) in [5.74, 6) is -2.16. The van der Waals surface area contributed by atoms with Crippen LogP contribution in [0.1, 0.15) is 22.8 Å². The summed E-state index contributed by atoms with van der Waals surface area (Å²) >= 11 is 0. The molecule has 0 aliphatic heterocycles. The fourth-order valence-corrected chi connectivity index (χ4v) is 1.64. The Labute approximate surface area is 120 Å². The van der Waals surface area contributed by atoms with Crippen molar-refractivity contribution in [2.45, 2.75) is 13.8 Å². The van der Waals surface area contributed by atoms with Gasteiger partial charge in [0.1, 0.15) is 5.75 Å². The van der Waals surface area contributed by atoms with Gasteiger partial charge in [0.15, 0.2) is 0 Å². The van der Waals surface area contributed by atoms with Crippen LogP contribution in [0.15, 0.2) is 12.1 Å². The minimum absolute atomic E-state index is 0.0433. The predicted molar refractivity (Wildman–Crippen MR) is 73.5 cm³/mol. The first-order chi connectivity index (χ1) is 9.77. The molecule has 0 aliphatic rings. The highest BCUT2D eigenvalue weighted by Crippen LogP contribution is 2.29. The second-order valence-corrected chi connectivity index (χ2v) is 4.53. The van der Waals surface area contributed by atoms with Crippen molar-refractivity contribution in [3.8, 4) is 5.75 Å². The Morgan fingerprint density at radius 1 is 1.48 bits per heavy atom. The van der Waals surface area contributed by atoms with E-state index in [2.05, 4.69) is 5.32 Å². The minimum Gasteiger partial charge on any atom is -0.496 e. The Morgan fingerprint density at radius 2 is 2.10 bits per heavy atom. The van der Waals surface area contributed by atoms with Gasteiger partial charge in [-0.3, -0.25) is 19.7 Å². The van der Waals surface area contributed by atoms with Crippen molar-refractivity contribution >= 4 is 17.6 Å². The zero-order valence-corrected chi connectivity index (χ0v) is 11.9. The molecule has 21 heavy (non-hydrogen) atoms. The maximum Gasteiger partial charge on any atom is 0.308 e. The highest BCUT2D eigenvalue weighted by molar-refractivity contribution is 5.95. The lowest BCUT2D eigenvalue weighted by atomic mass is 10.1. The summed E-state index contributed by atoms with van der Waals surface area (Å²) < 4.78 is 5.01. The van der Waals surface area contributed by atoms with E-state index in [9.17, 15) is 19.7 Å². The lowest BCUT2D eigenvalue weighted by molar-refractivity contribution is -0.385. The van der Waals surface area contributed by atoms with E-state index in [1.165, 1.54) is 27.0 Å². The standard InChI is InChI=1S/C13H16N2O6/c1-7(13(17)18)6-14-12(16)9-4-10(15(19)20)8(2)11(5-9)21-3/h4-5,7H,6H2,1-3H3,(H,14,16)(H,17,18). The van der Waals surface area contributed by atoms with E-state index in [4.69, 9.17) is 9.84 Å². The number of methoxy groups -OCH3 is 1. The molecule has 0 aromatic heterocycles. The van der Waals surface area contributed by atoms with Gasteiger partial charge >= 0.3 is 5.97 Å². The third-order valence-corrected chi connectivity index (χ3v) is 3.00. The maximum absolute atomic E-state index is 11.9. The number of nitro benzene ring substituents is 1. The van der Waals surface area contributed by atoms with Gasteiger partial charge in [0, 0.05) is 18.2 Å². The number of ether oxygens (including phenoxy) is 1. The molecule has 8 nitrogen and oxygen atoms in total. The Balaban J connectivity index is 3.02. The summed E-state index contributed by atoms with van der Waals surface area (Å²) in [6, 6.07) is 2.52. The lowest BCUT2D eigenvalue weighted by Crippen LogP contribution is -2.31. The van der Waals surface area contributed by atoms with Crippen molar-refractivity contribution in [3.63, 3.8) is 0 Å². The summed E-state index contributed by atoms with van der Waals surface area (Å²) in [5, 5.41) is 22.1. The molecule has 0 bridgehead atoms. The van der Waals surface area contributed by atoms with Crippen LogP contribution in [-0.2, 0) is 4.79 Å². The second kappa shape index (κ2) is 6.69. The number of benzene rings is 1. The third kappa shape index (κ3) is 3.91. The molecule has 0 saturated heterocycles. The van der Waals surface area contributed by atoms with Gasteiger partial charge in [0.2, 0.25) is 0 Å². The molecule has 0 heterocycles. The fourth-order valence-electron chi connectivity index (χ4n) is 1.64. The van der Waals surface area contributed by atoms with Crippen LogP contribution in [0.2, 0.25) is 0 Å². The third-order valence-electron chi connectivity index (χ3n) is 3.00. The van der Waals surface area contributed by atoms with Crippen molar-refractivity contribution in [3.05, 3.63) is 33.4 Å². The van der Waals surface area contributed by atoms with Crippen molar-refractivity contribution in [1.29, 1.82) is 0 Å². The Morgan fingerprint density at radius 3 is 2.57 bits per heavy atom. The quantitative estimate of drug-likeness (QED) is 0.604. The molecular weight excluding hydrogens is 280 g/mol. The molecule has 114 valence electrons. The lowest BCUT2D eigenvalue weighted by Gasteiger charge is -2.11. The minimum atomic E-state index is -1.04. The number of rotatable bonds is 6. The molecule has 2 N–H and O–H groups in total. The van der Waals surface area contributed by atoms with Gasteiger partial charge in [-0.2, -0.15) is 0 Å². The second-order valence-electron chi connectivity index (χ2n) is 4.53. The number of nitrogens with one attached hydrogen (secondary N) is 1. The van der Waals surface area contributed by atoms with Crippen LogP contribution in [0.25, 0.3) is 0 Å². The van der Waals surface area contributed by atoms with E-state index in [1.807, 2.05) is 0 Å². The van der Waals surface area contributed by atoms with E-state index in [1.54, 1.807) is 0 Å². The highest BCUT2D eigenvalue weighted by atomic mass is 16.6. The van der Waals surface area contributed by atoms with Crippen molar-refractivity contribution in [2.75, 3.05) is 13.7 Å². The van der Waals surface area contributed by atoms with Crippen LogP contribution in [0, 0.1) is 23.0 Å². The zero-order chi connectivity index (χ0) is 16.2. The molecule has 1 amide bonds. The van der Waals surface area contributed by atoms with Crippen LogP contribution >= 0.6 is 0 Å².